The van der Waals surface area contributed by atoms with Crippen LogP contribution in [0.4, 0.5) is 23.7 Å². The highest BCUT2D eigenvalue weighted by atomic mass is 35.5. The average Bonchev–Trinajstić information content (AvgIpc) is 3.05. The van der Waals surface area contributed by atoms with Crippen molar-refractivity contribution in [1.82, 2.24) is 4.90 Å². The average molecular weight is 539 g/mol. The molecule has 2 aromatic carbocycles. The molecule has 0 atom stereocenters. The van der Waals surface area contributed by atoms with Crippen LogP contribution in [0.25, 0.3) is 6.08 Å². The van der Waals surface area contributed by atoms with Crippen LogP contribution in [0.2, 0.25) is 5.02 Å². The Morgan fingerprint density at radius 3 is 2.67 bits per heavy atom. The van der Waals surface area contributed by atoms with Crippen LogP contribution in [-0.4, -0.2) is 41.7 Å². The Hall–Kier alpha value is -3.62. The maximum Gasteiger partial charge on any atom is 0.416 e. The van der Waals surface area contributed by atoms with Gasteiger partial charge in [-0.05, 0) is 60.7 Å². The fourth-order valence-electron chi connectivity index (χ4n) is 3.09. The second-order valence-electron chi connectivity index (χ2n) is 7.15. The molecule has 1 aliphatic heterocycles. The summed E-state index contributed by atoms with van der Waals surface area (Å²) in [6, 6.07) is 7.04. The molecule has 1 aliphatic rings. The Morgan fingerprint density at radius 2 is 2.00 bits per heavy atom. The molecule has 3 rings (SSSR count). The molecule has 0 radical (unpaired) electrons. The van der Waals surface area contributed by atoms with E-state index >= 15 is 0 Å². The lowest BCUT2D eigenvalue weighted by atomic mass is 10.1. The van der Waals surface area contributed by atoms with Crippen LogP contribution in [0, 0.1) is 12.3 Å². The summed E-state index contributed by atoms with van der Waals surface area (Å²) in [5, 5.41) is 1.72. The number of halogens is 4. The number of benzene rings is 2. The first-order valence-electron chi connectivity index (χ1n) is 10.3. The first kappa shape index (κ1) is 27.0. The number of hydrogen-bond donors (Lipinski definition) is 1. The first-order valence-corrected chi connectivity index (χ1v) is 11.5. The van der Waals surface area contributed by atoms with Gasteiger partial charge in [0.1, 0.15) is 13.2 Å². The number of imide groups is 1. The smallest absolute Gasteiger partial charge is 0.416 e. The number of nitrogens with one attached hydrogen (secondary N) is 1. The predicted octanol–water partition coefficient (Wildman–Crippen LogP) is 5.44. The summed E-state index contributed by atoms with van der Waals surface area (Å²) >= 11 is 6.88. The van der Waals surface area contributed by atoms with E-state index in [2.05, 4.69) is 11.2 Å². The third-order valence-electron chi connectivity index (χ3n) is 4.58. The summed E-state index contributed by atoms with van der Waals surface area (Å²) in [4.78, 5) is 38.2. The van der Waals surface area contributed by atoms with Crippen LogP contribution in [-0.2, 0) is 15.8 Å². The topological polar surface area (TPSA) is 84.9 Å². The van der Waals surface area contributed by atoms with Crippen LogP contribution >= 0.6 is 23.4 Å². The number of anilines is 1. The van der Waals surface area contributed by atoms with E-state index in [1.54, 1.807) is 13.0 Å². The highest BCUT2D eigenvalue weighted by Gasteiger charge is 2.36. The van der Waals surface area contributed by atoms with Crippen molar-refractivity contribution in [3.8, 4) is 23.8 Å². The van der Waals surface area contributed by atoms with Crippen molar-refractivity contribution in [3.05, 3.63) is 57.5 Å². The molecule has 1 N–H and O–H groups in total. The van der Waals surface area contributed by atoms with E-state index in [9.17, 15) is 27.6 Å². The normalized spacial score (nSPS) is 14.7. The minimum Gasteiger partial charge on any atom is -0.490 e. The molecule has 36 heavy (non-hydrogen) atoms. The molecule has 0 unspecified atom stereocenters. The molecular weight excluding hydrogens is 521 g/mol. The Labute approximate surface area is 213 Å². The van der Waals surface area contributed by atoms with Gasteiger partial charge in [0.25, 0.3) is 11.1 Å². The minimum absolute atomic E-state index is 0.0164. The third-order valence-corrected chi connectivity index (χ3v) is 5.77. The molecule has 7 nitrogen and oxygen atoms in total. The number of nitrogens with zero attached hydrogens (tertiary/aromatic N) is 1. The van der Waals surface area contributed by atoms with E-state index in [1.165, 1.54) is 18.2 Å². The highest BCUT2D eigenvalue weighted by Crippen LogP contribution is 2.39. The number of hydrogen-bond acceptors (Lipinski definition) is 6. The fourth-order valence-corrected chi connectivity index (χ4v) is 4.21. The van der Waals surface area contributed by atoms with E-state index < -0.39 is 35.3 Å². The van der Waals surface area contributed by atoms with Crippen molar-refractivity contribution in [2.24, 2.45) is 0 Å². The van der Waals surface area contributed by atoms with Gasteiger partial charge in [0.15, 0.2) is 11.5 Å². The number of ether oxygens (including phenoxy) is 2. The van der Waals surface area contributed by atoms with Crippen molar-refractivity contribution < 1.29 is 37.0 Å². The zero-order valence-electron chi connectivity index (χ0n) is 18.6. The second kappa shape index (κ2) is 11.4. The van der Waals surface area contributed by atoms with Gasteiger partial charge in [-0.1, -0.05) is 23.6 Å². The zero-order chi connectivity index (χ0) is 26.5. The summed E-state index contributed by atoms with van der Waals surface area (Å²) in [6.07, 6.45) is 2.02. The lowest BCUT2D eigenvalue weighted by Crippen LogP contribution is -2.36. The van der Waals surface area contributed by atoms with E-state index in [0.29, 0.717) is 28.8 Å². The highest BCUT2D eigenvalue weighted by molar-refractivity contribution is 8.18. The quantitative estimate of drug-likeness (QED) is 0.356. The number of terminal acetylenes is 1. The van der Waals surface area contributed by atoms with E-state index in [0.717, 1.165) is 18.2 Å². The molecule has 0 spiro atoms. The Balaban J connectivity index is 1.76. The summed E-state index contributed by atoms with van der Waals surface area (Å²) in [6.45, 7) is 1.33. The van der Waals surface area contributed by atoms with Gasteiger partial charge in [0.05, 0.1) is 22.1 Å². The van der Waals surface area contributed by atoms with Crippen LogP contribution in [0.15, 0.2) is 41.3 Å². The van der Waals surface area contributed by atoms with Crippen LogP contribution < -0.4 is 14.8 Å². The molecule has 0 aromatic heterocycles. The van der Waals surface area contributed by atoms with Gasteiger partial charge >= 0.3 is 6.18 Å². The van der Waals surface area contributed by atoms with Crippen LogP contribution in [0.5, 0.6) is 11.5 Å². The maximum atomic E-state index is 12.9. The lowest BCUT2D eigenvalue weighted by Gasteiger charge is -2.14. The Bertz CT molecular complexity index is 1270. The molecule has 1 fully saturated rings. The molecule has 2 aromatic rings. The summed E-state index contributed by atoms with van der Waals surface area (Å²) in [5.74, 6) is 1.25. The number of alkyl halides is 3. The molecule has 12 heteroatoms. The Morgan fingerprint density at radius 1 is 1.25 bits per heavy atom. The molecule has 0 saturated carbocycles. The van der Waals surface area contributed by atoms with Gasteiger partial charge in [-0.25, -0.2) is 0 Å². The largest absolute Gasteiger partial charge is 0.490 e. The zero-order valence-corrected chi connectivity index (χ0v) is 20.2. The number of carbonyl (C=O) groups excluding carboxylic acids is 3. The molecule has 0 aliphatic carbocycles. The van der Waals surface area contributed by atoms with Gasteiger partial charge in [-0.2, -0.15) is 13.2 Å². The number of rotatable bonds is 8. The minimum atomic E-state index is -4.59. The third kappa shape index (κ3) is 6.53. The number of carbonyl (C=O) groups is 3. The molecule has 1 heterocycles. The van der Waals surface area contributed by atoms with E-state index in [-0.39, 0.29) is 33.7 Å². The SMILES string of the molecule is C#CCOc1c(Cl)cc(/C=C2\SC(=O)N(CC(=O)Nc3cccc(C(F)(F)F)c3)C2=O)cc1OCC. The molecule has 1 saturated heterocycles. The first-order chi connectivity index (χ1) is 17.0. The van der Waals surface area contributed by atoms with Crippen LogP contribution in [0.3, 0.4) is 0 Å². The van der Waals surface area contributed by atoms with Gasteiger partial charge in [-0.15, -0.1) is 6.42 Å². The van der Waals surface area contributed by atoms with Crippen molar-refractivity contribution in [2.45, 2.75) is 13.1 Å². The number of amides is 3. The van der Waals surface area contributed by atoms with Gasteiger partial charge in [0, 0.05) is 5.69 Å². The van der Waals surface area contributed by atoms with Crippen molar-refractivity contribution in [3.63, 3.8) is 0 Å². The van der Waals surface area contributed by atoms with Gasteiger partial charge in [0.2, 0.25) is 5.91 Å². The monoisotopic (exact) mass is 538 g/mol. The molecule has 188 valence electrons. The Kier molecular flexibility index (Phi) is 8.55. The maximum absolute atomic E-state index is 12.9. The molecule has 0 bridgehead atoms. The lowest BCUT2D eigenvalue weighted by molar-refractivity contribution is -0.137. The summed E-state index contributed by atoms with van der Waals surface area (Å²) < 4.78 is 49.6. The van der Waals surface area contributed by atoms with Crippen molar-refractivity contribution >= 4 is 52.2 Å². The standard InChI is InChI=1S/C24H18ClF3N2O5S/c1-3-8-35-21-17(25)9-14(10-18(21)34-4-2)11-19-22(32)30(23(33)36-19)13-20(31)29-16-7-5-6-15(12-16)24(26,27)28/h1,5-7,9-12H,4,8,13H2,2H3,(H,29,31)/b19-11-. The van der Waals surface area contributed by atoms with E-state index in [4.69, 9.17) is 27.5 Å². The van der Waals surface area contributed by atoms with Crippen molar-refractivity contribution in [2.75, 3.05) is 25.1 Å². The molecule has 3 amide bonds. The predicted molar refractivity (Wildman–Crippen MR) is 130 cm³/mol. The fraction of sp³-hybridized carbons (Fsp3) is 0.208. The summed E-state index contributed by atoms with van der Waals surface area (Å²) in [5.41, 5.74) is -0.645. The van der Waals surface area contributed by atoms with E-state index in [1.807, 2.05) is 0 Å². The van der Waals surface area contributed by atoms with Crippen LogP contribution in [0.1, 0.15) is 18.1 Å². The van der Waals surface area contributed by atoms with Crippen molar-refractivity contribution in [1.29, 1.82) is 0 Å². The van der Waals surface area contributed by atoms with Gasteiger partial charge < -0.3 is 14.8 Å². The molecular formula is C24H18ClF3N2O5S. The summed E-state index contributed by atoms with van der Waals surface area (Å²) in [7, 11) is 0. The second-order valence-corrected chi connectivity index (χ2v) is 8.55. The van der Waals surface area contributed by atoms with Gasteiger partial charge in [-0.3, -0.25) is 19.3 Å². The number of thioether (sulfide) groups is 1.